The molecule has 0 amide bonds. The van der Waals surface area contributed by atoms with E-state index >= 15 is 0 Å². The Hall–Kier alpha value is -1.00. The largest absolute Gasteiger partial charge is 0.375 e. The van der Waals surface area contributed by atoms with E-state index in [4.69, 9.17) is 4.74 Å². The van der Waals surface area contributed by atoms with Gasteiger partial charge in [0, 0.05) is 23.7 Å². The normalized spacial score (nSPS) is 33.6. The molecule has 18 heavy (non-hydrogen) atoms. The molecule has 3 nitrogen and oxygen atoms in total. The van der Waals surface area contributed by atoms with Crippen molar-refractivity contribution in [3.05, 3.63) is 29.8 Å². The Kier molecular flexibility index (Phi) is 3.97. The Morgan fingerprint density at radius 3 is 2.56 bits per heavy atom. The first kappa shape index (κ1) is 13.4. The zero-order valence-electron chi connectivity index (χ0n) is 11.4. The van der Waals surface area contributed by atoms with Crippen LogP contribution in [0.4, 0.5) is 4.39 Å². The van der Waals surface area contributed by atoms with Gasteiger partial charge in [0.25, 0.3) is 0 Å². The lowest BCUT2D eigenvalue weighted by molar-refractivity contribution is 0.0477. The molecule has 1 saturated heterocycles. The van der Waals surface area contributed by atoms with E-state index in [0.717, 1.165) is 0 Å². The van der Waals surface area contributed by atoms with Crippen molar-refractivity contribution in [1.29, 1.82) is 0 Å². The molecule has 1 aliphatic heterocycles. The molecule has 0 saturated carbocycles. The average molecular weight is 252 g/mol. The molecule has 1 fully saturated rings. The molecule has 5 atom stereocenters. The highest BCUT2D eigenvalue weighted by Crippen LogP contribution is 2.40. The second kappa shape index (κ2) is 5.33. The smallest absolute Gasteiger partial charge is 0.146 e. The molecule has 0 radical (unpaired) electrons. The summed E-state index contributed by atoms with van der Waals surface area (Å²) in [6, 6.07) is 1.71. The predicted octanol–water partition coefficient (Wildman–Crippen LogP) is 2.54. The van der Waals surface area contributed by atoms with Crippen LogP contribution in [-0.4, -0.2) is 24.2 Å². The summed E-state index contributed by atoms with van der Waals surface area (Å²) in [6.45, 7) is 6.31. The van der Waals surface area contributed by atoms with Gasteiger partial charge in [0.05, 0.1) is 18.4 Å². The van der Waals surface area contributed by atoms with Gasteiger partial charge in [0.2, 0.25) is 0 Å². The minimum Gasteiger partial charge on any atom is -0.375 e. The monoisotopic (exact) mass is 252 g/mol. The van der Waals surface area contributed by atoms with Crippen molar-refractivity contribution >= 4 is 0 Å². The van der Waals surface area contributed by atoms with Crippen LogP contribution in [0.5, 0.6) is 0 Å². The summed E-state index contributed by atoms with van der Waals surface area (Å²) in [5, 5.41) is 3.23. The van der Waals surface area contributed by atoms with Crippen molar-refractivity contribution in [1.82, 2.24) is 10.3 Å². The topological polar surface area (TPSA) is 34.2 Å². The second-order valence-electron chi connectivity index (χ2n) is 5.15. The molecule has 1 aliphatic rings. The number of hydrogen-bond acceptors (Lipinski definition) is 3. The number of nitrogens with zero attached hydrogens (tertiary/aromatic N) is 1. The fraction of sp³-hybridized carbons (Fsp3) is 0.643. The lowest BCUT2D eigenvalue weighted by atomic mass is 9.80. The zero-order chi connectivity index (χ0) is 13.3. The van der Waals surface area contributed by atoms with Gasteiger partial charge in [-0.15, -0.1) is 0 Å². The number of ether oxygens (including phenoxy) is 1. The van der Waals surface area contributed by atoms with E-state index in [-0.39, 0.29) is 30.0 Å². The molecule has 0 spiro atoms. The number of halogens is 1. The molecular weight excluding hydrogens is 231 g/mol. The van der Waals surface area contributed by atoms with Crippen LogP contribution in [0.25, 0.3) is 0 Å². The molecule has 1 aromatic heterocycles. The number of nitrogens with one attached hydrogen (secondary N) is 1. The third-order valence-electron chi connectivity index (χ3n) is 4.15. The van der Waals surface area contributed by atoms with E-state index in [1.165, 1.54) is 6.20 Å². The quantitative estimate of drug-likeness (QED) is 0.897. The zero-order valence-corrected chi connectivity index (χ0v) is 11.4. The van der Waals surface area contributed by atoms with Crippen LogP contribution in [0.1, 0.15) is 32.4 Å². The van der Waals surface area contributed by atoms with Gasteiger partial charge in [-0.2, -0.15) is 0 Å². The molecule has 0 bridgehead atoms. The Bertz CT molecular complexity index is 413. The molecule has 2 rings (SSSR count). The minimum atomic E-state index is -0.254. The first-order valence-electron chi connectivity index (χ1n) is 6.48. The molecule has 0 aromatic carbocycles. The number of pyridine rings is 1. The van der Waals surface area contributed by atoms with Crippen LogP contribution in [0.3, 0.4) is 0 Å². The molecule has 1 aromatic rings. The first-order valence-corrected chi connectivity index (χ1v) is 6.48. The highest BCUT2D eigenvalue weighted by molar-refractivity contribution is 5.19. The summed E-state index contributed by atoms with van der Waals surface area (Å²) >= 11 is 0. The van der Waals surface area contributed by atoms with E-state index in [2.05, 4.69) is 31.1 Å². The molecule has 5 unspecified atom stereocenters. The van der Waals surface area contributed by atoms with E-state index in [9.17, 15) is 4.39 Å². The molecule has 0 aliphatic carbocycles. The van der Waals surface area contributed by atoms with Crippen LogP contribution < -0.4 is 5.32 Å². The SMILES string of the molecule is CNC(c1ccncc1F)C1C(C)OC(C)C1C. The van der Waals surface area contributed by atoms with Gasteiger partial charge in [0.15, 0.2) is 0 Å². The number of aromatic nitrogens is 1. The van der Waals surface area contributed by atoms with E-state index in [1.54, 1.807) is 12.3 Å². The number of hydrogen-bond donors (Lipinski definition) is 1. The fourth-order valence-corrected chi connectivity index (χ4v) is 3.06. The van der Waals surface area contributed by atoms with Crippen molar-refractivity contribution in [3.63, 3.8) is 0 Å². The second-order valence-corrected chi connectivity index (χ2v) is 5.15. The lowest BCUT2D eigenvalue weighted by Gasteiger charge is -2.29. The van der Waals surface area contributed by atoms with Crippen molar-refractivity contribution in [3.8, 4) is 0 Å². The Morgan fingerprint density at radius 2 is 2.06 bits per heavy atom. The highest BCUT2D eigenvalue weighted by atomic mass is 19.1. The van der Waals surface area contributed by atoms with Gasteiger partial charge < -0.3 is 10.1 Å². The highest BCUT2D eigenvalue weighted by Gasteiger charge is 2.42. The average Bonchev–Trinajstić information content (AvgIpc) is 2.59. The van der Waals surface area contributed by atoms with Crippen LogP contribution in [0, 0.1) is 17.7 Å². The summed E-state index contributed by atoms with van der Waals surface area (Å²) in [5.74, 6) is 0.405. The number of rotatable bonds is 3. The maximum Gasteiger partial charge on any atom is 0.146 e. The van der Waals surface area contributed by atoms with Crippen molar-refractivity contribution in [2.75, 3.05) is 7.05 Å². The Balaban J connectivity index is 2.32. The van der Waals surface area contributed by atoms with Crippen LogP contribution in [0.15, 0.2) is 18.5 Å². The minimum absolute atomic E-state index is 0.0389. The lowest BCUT2D eigenvalue weighted by Crippen LogP contribution is -2.33. The van der Waals surface area contributed by atoms with Crippen LogP contribution >= 0.6 is 0 Å². The Labute approximate surface area is 108 Å². The van der Waals surface area contributed by atoms with Gasteiger partial charge in [-0.25, -0.2) is 4.39 Å². The summed E-state index contributed by atoms with van der Waals surface area (Å²) < 4.78 is 19.7. The molecular formula is C14H21FN2O. The fourth-order valence-electron chi connectivity index (χ4n) is 3.06. The maximum atomic E-state index is 13.9. The molecule has 1 N–H and O–H groups in total. The van der Waals surface area contributed by atoms with Crippen molar-refractivity contribution < 1.29 is 9.13 Å². The third kappa shape index (κ3) is 2.27. The molecule has 2 heterocycles. The van der Waals surface area contributed by atoms with Gasteiger partial charge in [-0.05, 0) is 32.9 Å². The molecule has 4 heteroatoms. The first-order chi connectivity index (χ1) is 8.56. The third-order valence-corrected chi connectivity index (χ3v) is 4.15. The van der Waals surface area contributed by atoms with Crippen LogP contribution in [-0.2, 0) is 4.74 Å². The standard InChI is InChI=1S/C14H21FN2O/c1-8-9(2)18-10(3)13(8)14(16-4)11-5-6-17-7-12(11)15/h5-10,13-14,16H,1-4H3. The van der Waals surface area contributed by atoms with E-state index < -0.39 is 0 Å². The van der Waals surface area contributed by atoms with Gasteiger partial charge >= 0.3 is 0 Å². The van der Waals surface area contributed by atoms with Gasteiger partial charge in [0.1, 0.15) is 5.82 Å². The molecule has 100 valence electrons. The maximum absolute atomic E-state index is 13.9. The summed E-state index contributed by atoms with van der Waals surface area (Å²) in [4.78, 5) is 3.81. The van der Waals surface area contributed by atoms with E-state index in [0.29, 0.717) is 11.5 Å². The summed E-state index contributed by atoms with van der Waals surface area (Å²) in [7, 11) is 1.87. The van der Waals surface area contributed by atoms with Crippen molar-refractivity contribution in [2.45, 2.75) is 39.0 Å². The predicted molar refractivity (Wildman–Crippen MR) is 68.7 cm³/mol. The Morgan fingerprint density at radius 1 is 1.33 bits per heavy atom. The van der Waals surface area contributed by atoms with E-state index in [1.807, 2.05) is 7.05 Å². The van der Waals surface area contributed by atoms with Crippen LogP contribution in [0.2, 0.25) is 0 Å². The van der Waals surface area contributed by atoms with Crippen molar-refractivity contribution in [2.24, 2.45) is 11.8 Å². The van der Waals surface area contributed by atoms with Gasteiger partial charge in [-0.3, -0.25) is 4.98 Å². The van der Waals surface area contributed by atoms with Gasteiger partial charge in [-0.1, -0.05) is 6.92 Å². The summed E-state index contributed by atoms with van der Waals surface area (Å²) in [5.41, 5.74) is 0.675. The summed E-state index contributed by atoms with van der Waals surface area (Å²) in [6.07, 6.45) is 3.25.